The van der Waals surface area contributed by atoms with Crippen molar-refractivity contribution < 1.29 is 5.21 Å². The molecule has 0 aliphatic heterocycles. The second-order valence-corrected chi connectivity index (χ2v) is 6.79. The van der Waals surface area contributed by atoms with E-state index in [0.29, 0.717) is 5.25 Å². The van der Waals surface area contributed by atoms with E-state index in [4.69, 9.17) is 5.21 Å². The summed E-state index contributed by atoms with van der Waals surface area (Å²) in [5.74, 6) is 0. The van der Waals surface area contributed by atoms with E-state index < -0.39 is 0 Å². The van der Waals surface area contributed by atoms with Crippen molar-refractivity contribution in [3.8, 4) is 0 Å². The molecule has 20 heavy (non-hydrogen) atoms. The lowest BCUT2D eigenvalue weighted by atomic mass is 10.0. The lowest BCUT2D eigenvalue weighted by Gasteiger charge is -2.07. The first-order chi connectivity index (χ1) is 9.85. The van der Waals surface area contributed by atoms with Crippen molar-refractivity contribution in [2.45, 2.75) is 95.6 Å². The summed E-state index contributed by atoms with van der Waals surface area (Å²) in [5, 5.41) is 12.0. The zero-order valence-corrected chi connectivity index (χ0v) is 14.5. The first kappa shape index (κ1) is 19.8. The Morgan fingerprint density at radius 3 is 1.70 bits per heavy atom. The molecule has 3 heteroatoms. The van der Waals surface area contributed by atoms with E-state index in [1.54, 1.807) is 18.0 Å². The number of thioether (sulfide) groups is 1. The van der Waals surface area contributed by atoms with Crippen molar-refractivity contribution in [2.75, 3.05) is 6.26 Å². The molecule has 0 aromatic rings. The predicted octanol–water partition coefficient (Wildman–Crippen LogP) is 6.27. The maximum absolute atomic E-state index is 8.52. The Morgan fingerprint density at radius 2 is 1.30 bits per heavy atom. The van der Waals surface area contributed by atoms with Gasteiger partial charge in [0.15, 0.2) is 0 Å². The zero-order chi connectivity index (χ0) is 14.9. The number of rotatable bonds is 15. The fraction of sp³-hybridized carbons (Fsp3) is 0.941. The first-order valence-corrected chi connectivity index (χ1v) is 9.84. The maximum Gasteiger partial charge on any atom is 0.0565 e. The van der Waals surface area contributed by atoms with Gasteiger partial charge in [0.2, 0.25) is 0 Å². The third kappa shape index (κ3) is 14.2. The summed E-state index contributed by atoms with van der Waals surface area (Å²) < 4.78 is 0. The molecule has 1 N–H and O–H groups in total. The summed E-state index contributed by atoms with van der Waals surface area (Å²) in [7, 11) is 0. The zero-order valence-electron chi connectivity index (χ0n) is 13.6. The van der Waals surface area contributed by atoms with Crippen LogP contribution in [-0.2, 0) is 0 Å². The van der Waals surface area contributed by atoms with Gasteiger partial charge in [0, 0.05) is 5.25 Å². The molecule has 0 radical (unpaired) electrons. The molecule has 0 fully saturated rings. The van der Waals surface area contributed by atoms with Gasteiger partial charge in [0.25, 0.3) is 0 Å². The van der Waals surface area contributed by atoms with Crippen molar-refractivity contribution in [1.82, 2.24) is 0 Å². The fourth-order valence-corrected chi connectivity index (χ4v) is 3.09. The monoisotopic (exact) mass is 301 g/mol. The first-order valence-electron chi connectivity index (χ1n) is 8.55. The van der Waals surface area contributed by atoms with Gasteiger partial charge in [0.05, 0.1) is 6.21 Å². The van der Waals surface area contributed by atoms with Gasteiger partial charge in [-0.2, -0.15) is 11.8 Å². The molecule has 0 heterocycles. The second-order valence-electron chi connectivity index (χ2n) is 5.72. The molecule has 0 aromatic heterocycles. The Bertz CT molecular complexity index is 209. The van der Waals surface area contributed by atoms with Gasteiger partial charge in [-0.3, -0.25) is 0 Å². The van der Waals surface area contributed by atoms with Crippen molar-refractivity contribution in [3.63, 3.8) is 0 Å². The van der Waals surface area contributed by atoms with Crippen molar-refractivity contribution in [3.05, 3.63) is 0 Å². The second kappa shape index (κ2) is 16.9. The number of hydrogen-bond donors (Lipinski definition) is 1. The Labute approximate surface area is 130 Å². The van der Waals surface area contributed by atoms with E-state index in [2.05, 4.69) is 18.3 Å². The molecule has 0 saturated carbocycles. The van der Waals surface area contributed by atoms with Crippen molar-refractivity contribution >= 4 is 18.0 Å². The van der Waals surface area contributed by atoms with Crippen LogP contribution in [0.2, 0.25) is 0 Å². The molecule has 0 saturated heterocycles. The number of nitrogens with zero attached hydrogens (tertiary/aromatic N) is 1. The van der Waals surface area contributed by atoms with Crippen molar-refractivity contribution in [1.29, 1.82) is 0 Å². The van der Waals surface area contributed by atoms with Gasteiger partial charge in [-0.15, -0.1) is 5.16 Å². The molecule has 0 amide bonds. The highest BCUT2D eigenvalue weighted by Gasteiger charge is 2.03. The quantitative estimate of drug-likeness (QED) is 0.167. The van der Waals surface area contributed by atoms with E-state index in [1.807, 2.05) is 0 Å². The normalized spacial score (nSPS) is 13.1. The smallest absolute Gasteiger partial charge is 0.0565 e. The predicted molar refractivity (Wildman–Crippen MR) is 93.3 cm³/mol. The third-order valence-electron chi connectivity index (χ3n) is 3.88. The van der Waals surface area contributed by atoms with Crippen LogP contribution in [0.5, 0.6) is 0 Å². The van der Waals surface area contributed by atoms with Gasteiger partial charge < -0.3 is 5.21 Å². The van der Waals surface area contributed by atoms with Gasteiger partial charge in [-0.25, -0.2) is 0 Å². The molecule has 120 valence electrons. The molecular formula is C17H35NOS. The van der Waals surface area contributed by atoms with E-state index in [0.717, 1.165) is 6.42 Å². The van der Waals surface area contributed by atoms with Crippen LogP contribution in [0.15, 0.2) is 5.16 Å². The Balaban J connectivity index is 3.13. The molecule has 1 unspecified atom stereocenters. The van der Waals surface area contributed by atoms with Crippen LogP contribution in [-0.4, -0.2) is 22.9 Å². The fourth-order valence-electron chi connectivity index (χ4n) is 2.51. The highest BCUT2D eigenvalue weighted by atomic mass is 32.2. The number of unbranched alkanes of at least 4 members (excludes halogenated alkanes) is 11. The largest absolute Gasteiger partial charge is 0.411 e. The SMILES string of the molecule is CCCCCCCCCCCCCCC(C=NO)SC. The Morgan fingerprint density at radius 1 is 0.850 bits per heavy atom. The maximum atomic E-state index is 8.52. The molecular weight excluding hydrogens is 266 g/mol. The summed E-state index contributed by atoms with van der Waals surface area (Å²) in [5.41, 5.74) is 0. The third-order valence-corrected chi connectivity index (χ3v) is 4.84. The van der Waals surface area contributed by atoms with Crippen LogP contribution in [0.1, 0.15) is 90.4 Å². The molecule has 0 rings (SSSR count). The van der Waals surface area contributed by atoms with Gasteiger partial charge in [-0.05, 0) is 12.7 Å². The topological polar surface area (TPSA) is 32.6 Å². The minimum Gasteiger partial charge on any atom is -0.411 e. The molecule has 2 nitrogen and oxygen atoms in total. The highest BCUT2D eigenvalue weighted by Crippen LogP contribution is 2.16. The minimum absolute atomic E-state index is 0.392. The van der Waals surface area contributed by atoms with E-state index in [1.165, 1.54) is 77.0 Å². The molecule has 0 aliphatic carbocycles. The van der Waals surface area contributed by atoms with Crippen LogP contribution in [0.25, 0.3) is 0 Å². The molecule has 0 spiro atoms. The van der Waals surface area contributed by atoms with Gasteiger partial charge >= 0.3 is 0 Å². The van der Waals surface area contributed by atoms with Crippen LogP contribution < -0.4 is 0 Å². The summed E-state index contributed by atoms with van der Waals surface area (Å²) >= 11 is 1.77. The summed E-state index contributed by atoms with van der Waals surface area (Å²) in [4.78, 5) is 0. The van der Waals surface area contributed by atoms with Gasteiger partial charge in [-0.1, -0.05) is 84.0 Å². The van der Waals surface area contributed by atoms with Crippen LogP contribution >= 0.6 is 11.8 Å². The van der Waals surface area contributed by atoms with Crippen LogP contribution in [0, 0.1) is 0 Å². The van der Waals surface area contributed by atoms with Crippen molar-refractivity contribution in [2.24, 2.45) is 5.16 Å². The van der Waals surface area contributed by atoms with Gasteiger partial charge in [0.1, 0.15) is 0 Å². The Kier molecular flexibility index (Phi) is 16.7. The lowest BCUT2D eigenvalue weighted by Crippen LogP contribution is -2.03. The lowest BCUT2D eigenvalue weighted by molar-refractivity contribution is 0.320. The Hall–Kier alpha value is -0.180. The van der Waals surface area contributed by atoms with E-state index in [-0.39, 0.29) is 0 Å². The highest BCUT2D eigenvalue weighted by molar-refractivity contribution is 7.99. The summed E-state index contributed by atoms with van der Waals surface area (Å²) in [6, 6.07) is 0. The number of hydrogen-bond acceptors (Lipinski definition) is 3. The average Bonchev–Trinajstić information content (AvgIpc) is 2.47. The minimum atomic E-state index is 0.392. The van der Waals surface area contributed by atoms with Crippen LogP contribution in [0.3, 0.4) is 0 Å². The van der Waals surface area contributed by atoms with Crippen LogP contribution in [0.4, 0.5) is 0 Å². The molecule has 0 aromatic carbocycles. The molecule has 0 bridgehead atoms. The molecule has 1 atom stereocenters. The summed E-state index contributed by atoms with van der Waals surface area (Å²) in [6.07, 6.45) is 21.6. The van der Waals surface area contributed by atoms with E-state index in [9.17, 15) is 0 Å². The average molecular weight is 302 g/mol. The summed E-state index contributed by atoms with van der Waals surface area (Å²) in [6.45, 7) is 2.28. The standard InChI is InChI=1S/C17H35NOS/c1-3-4-5-6-7-8-9-10-11-12-13-14-15-17(20-2)16-18-19/h16-17,19H,3-15H2,1-2H3. The number of oxime groups is 1. The van der Waals surface area contributed by atoms with E-state index >= 15 is 0 Å². The molecule has 0 aliphatic rings.